The van der Waals surface area contributed by atoms with Gasteiger partial charge in [-0.05, 0) is 85.4 Å². The predicted molar refractivity (Wildman–Crippen MR) is 103 cm³/mol. The van der Waals surface area contributed by atoms with E-state index in [1.54, 1.807) is 25.7 Å². The minimum Gasteiger partial charge on any atom is -0.134 e. The SMILES string of the molecule is P[C@@H]1CCC2CCCCC2C1C1C2CCCCC2CC[C@H]1P. The van der Waals surface area contributed by atoms with Crippen molar-refractivity contribution in [1.29, 1.82) is 0 Å². The highest BCUT2D eigenvalue weighted by Gasteiger charge is 2.49. The Hall–Kier alpha value is 0.860. The van der Waals surface area contributed by atoms with Crippen LogP contribution in [0.4, 0.5) is 0 Å². The van der Waals surface area contributed by atoms with Gasteiger partial charge in [0.05, 0.1) is 0 Å². The van der Waals surface area contributed by atoms with Gasteiger partial charge in [0.1, 0.15) is 0 Å². The molecule has 126 valence electrons. The molecular weight excluding hydrogens is 302 g/mol. The monoisotopic (exact) mass is 338 g/mol. The molecule has 4 aliphatic carbocycles. The highest BCUT2D eigenvalue weighted by Crippen LogP contribution is 2.57. The van der Waals surface area contributed by atoms with E-state index in [2.05, 4.69) is 18.5 Å². The van der Waals surface area contributed by atoms with Crippen LogP contribution in [0.1, 0.15) is 77.0 Å². The molecule has 8 unspecified atom stereocenters. The second-order valence-electron chi connectivity index (χ2n) is 9.05. The summed E-state index contributed by atoms with van der Waals surface area (Å²) >= 11 is 0. The van der Waals surface area contributed by atoms with Crippen molar-refractivity contribution in [1.82, 2.24) is 0 Å². The second-order valence-corrected chi connectivity index (χ2v) is 10.8. The first-order valence-corrected chi connectivity index (χ1v) is 11.6. The summed E-state index contributed by atoms with van der Waals surface area (Å²) in [5, 5.41) is 0. The lowest BCUT2D eigenvalue weighted by Gasteiger charge is -2.55. The fourth-order valence-electron chi connectivity index (χ4n) is 7.18. The summed E-state index contributed by atoms with van der Waals surface area (Å²) < 4.78 is 0. The van der Waals surface area contributed by atoms with Gasteiger partial charge in [-0.2, -0.15) is 0 Å². The van der Waals surface area contributed by atoms with Gasteiger partial charge >= 0.3 is 0 Å². The number of fused-ring (bicyclic) bond motifs is 2. The van der Waals surface area contributed by atoms with E-state index in [0.29, 0.717) is 0 Å². The Kier molecular flexibility index (Phi) is 5.20. The van der Waals surface area contributed by atoms with E-state index in [-0.39, 0.29) is 0 Å². The zero-order chi connectivity index (χ0) is 15.1. The fourth-order valence-corrected chi connectivity index (χ4v) is 8.65. The molecule has 10 atom stereocenters. The van der Waals surface area contributed by atoms with Crippen LogP contribution in [0.5, 0.6) is 0 Å². The van der Waals surface area contributed by atoms with Crippen LogP contribution in [0.2, 0.25) is 0 Å². The summed E-state index contributed by atoms with van der Waals surface area (Å²) in [6.45, 7) is 0. The normalized spacial score (nSPS) is 52.6. The first-order chi connectivity index (χ1) is 10.8. The lowest BCUT2D eigenvalue weighted by molar-refractivity contribution is -0.00163. The molecule has 0 saturated heterocycles. The van der Waals surface area contributed by atoms with Crippen molar-refractivity contribution in [2.45, 2.75) is 88.4 Å². The van der Waals surface area contributed by atoms with Crippen LogP contribution in [-0.4, -0.2) is 11.3 Å². The van der Waals surface area contributed by atoms with Gasteiger partial charge in [-0.3, -0.25) is 0 Å². The summed E-state index contributed by atoms with van der Waals surface area (Å²) in [5.41, 5.74) is 1.85. The molecular formula is C20H36P2. The van der Waals surface area contributed by atoms with Crippen molar-refractivity contribution in [3.05, 3.63) is 0 Å². The molecule has 4 fully saturated rings. The van der Waals surface area contributed by atoms with Gasteiger partial charge in [-0.15, -0.1) is 18.5 Å². The van der Waals surface area contributed by atoms with Gasteiger partial charge in [0, 0.05) is 0 Å². The maximum Gasteiger partial charge on any atom is -0.0230 e. The molecule has 22 heavy (non-hydrogen) atoms. The van der Waals surface area contributed by atoms with E-state index in [0.717, 1.165) is 46.8 Å². The second kappa shape index (κ2) is 7.00. The van der Waals surface area contributed by atoms with E-state index in [1.165, 1.54) is 51.4 Å². The largest absolute Gasteiger partial charge is 0.134 e. The minimum absolute atomic E-state index is 0.924. The van der Waals surface area contributed by atoms with Crippen LogP contribution in [0.3, 0.4) is 0 Å². The molecule has 0 N–H and O–H groups in total. The van der Waals surface area contributed by atoms with Crippen molar-refractivity contribution >= 4 is 18.5 Å². The third kappa shape index (κ3) is 2.94. The summed E-state index contributed by atoms with van der Waals surface area (Å²) in [5.74, 6) is 6.43. The lowest BCUT2D eigenvalue weighted by atomic mass is 9.54. The molecule has 0 aromatic rings. The first-order valence-electron chi connectivity index (χ1n) is 10.3. The molecule has 0 radical (unpaired) electrons. The molecule has 0 amide bonds. The molecule has 0 bridgehead atoms. The highest BCUT2D eigenvalue weighted by atomic mass is 31.0. The maximum absolute atomic E-state index is 3.32. The van der Waals surface area contributed by atoms with Crippen LogP contribution < -0.4 is 0 Å². The van der Waals surface area contributed by atoms with Crippen LogP contribution in [0.15, 0.2) is 0 Å². The van der Waals surface area contributed by atoms with Gasteiger partial charge in [0.15, 0.2) is 0 Å². The molecule has 0 spiro atoms. The zero-order valence-electron chi connectivity index (χ0n) is 14.3. The Morgan fingerprint density at radius 3 is 1.32 bits per heavy atom. The van der Waals surface area contributed by atoms with Gasteiger partial charge in [0.2, 0.25) is 0 Å². The van der Waals surface area contributed by atoms with E-state index in [9.17, 15) is 0 Å². The van der Waals surface area contributed by atoms with Crippen molar-refractivity contribution in [3.63, 3.8) is 0 Å². The number of hydrogen-bond donors (Lipinski definition) is 0. The summed E-state index contributed by atoms with van der Waals surface area (Å²) in [7, 11) is 6.64. The molecule has 0 aliphatic heterocycles. The lowest BCUT2D eigenvalue weighted by Crippen LogP contribution is -2.49. The Labute approximate surface area is 142 Å². The minimum atomic E-state index is 0.924. The van der Waals surface area contributed by atoms with Crippen molar-refractivity contribution in [2.75, 3.05) is 0 Å². The Morgan fingerprint density at radius 2 is 0.864 bits per heavy atom. The highest BCUT2D eigenvalue weighted by molar-refractivity contribution is 7.18. The molecule has 0 nitrogen and oxygen atoms in total. The summed E-state index contributed by atoms with van der Waals surface area (Å²) in [6.07, 6.45) is 18.4. The molecule has 4 saturated carbocycles. The van der Waals surface area contributed by atoms with Gasteiger partial charge < -0.3 is 0 Å². The Balaban J connectivity index is 1.61. The van der Waals surface area contributed by atoms with Gasteiger partial charge in [-0.1, -0.05) is 38.5 Å². The van der Waals surface area contributed by atoms with E-state index >= 15 is 0 Å². The third-order valence-electron chi connectivity index (χ3n) is 8.10. The average molecular weight is 338 g/mol. The van der Waals surface area contributed by atoms with E-state index in [4.69, 9.17) is 0 Å². The van der Waals surface area contributed by atoms with Crippen LogP contribution in [-0.2, 0) is 0 Å². The zero-order valence-corrected chi connectivity index (χ0v) is 16.6. The van der Waals surface area contributed by atoms with E-state index < -0.39 is 0 Å². The average Bonchev–Trinajstić information content (AvgIpc) is 2.56. The van der Waals surface area contributed by atoms with Gasteiger partial charge in [0.25, 0.3) is 0 Å². The Morgan fingerprint density at radius 1 is 0.455 bits per heavy atom. The summed E-state index contributed by atoms with van der Waals surface area (Å²) in [4.78, 5) is 0. The number of hydrogen-bond acceptors (Lipinski definition) is 0. The molecule has 4 rings (SSSR count). The molecule has 2 heteroatoms. The van der Waals surface area contributed by atoms with Crippen LogP contribution >= 0.6 is 18.5 Å². The first kappa shape index (κ1) is 16.3. The smallest absolute Gasteiger partial charge is 0.0230 e. The molecule has 0 aromatic heterocycles. The topological polar surface area (TPSA) is 0 Å². The third-order valence-corrected chi connectivity index (χ3v) is 9.65. The molecule has 0 heterocycles. The van der Waals surface area contributed by atoms with Crippen LogP contribution in [0.25, 0.3) is 0 Å². The predicted octanol–water partition coefficient (Wildman–Crippen LogP) is 5.91. The summed E-state index contributed by atoms with van der Waals surface area (Å²) in [6, 6.07) is 0. The quantitative estimate of drug-likeness (QED) is 0.522. The standard InChI is InChI=1S/C20H36P2/c21-17-11-9-13-5-1-3-7-15(13)19(17)20-16-8-4-2-6-14(16)10-12-18(20)22/h13-20H,1-12,21-22H2/t13?,14?,15?,16?,17-,18-,19?,20?/m1/s1. The van der Waals surface area contributed by atoms with Crippen molar-refractivity contribution in [2.24, 2.45) is 35.5 Å². The van der Waals surface area contributed by atoms with Crippen LogP contribution in [0, 0.1) is 35.5 Å². The maximum atomic E-state index is 3.32. The van der Waals surface area contributed by atoms with Crippen molar-refractivity contribution in [3.8, 4) is 0 Å². The molecule has 0 aromatic carbocycles. The Bertz CT molecular complexity index is 346. The van der Waals surface area contributed by atoms with Gasteiger partial charge in [-0.25, -0.2) is 0 Å². The molecule has 4 aliphatic rings. The van der Waals surface area contributed by atoms with Crippen molar-refractivity contribution < 1.29 is 0 Å². The fraction of sp³-hybridized carbons (Fsp3) is 1.00. The number of rotatable bonds is 1. The van der Waals surface area contributed by atoms with E-state index in [1.807, 2.05) is 0 Å².